The van der Waals surface area contributed by atoms with E-state index in [0.717, 1.165) is 22.2 Å². The SMILES string of the molecule is CNc1nc(C)nc(Sc2ccc(C)c(C)c2)c1C. The van der Waals surface area contributed by atoms with Crippen LogP contribution in [0.3, 0.4) is 0 Å². The van der Waals surface area contributed by atoms with Gasteiger partial charge in [0, 0.05) is 17.5 Å². The highest BCUT2D eigenvalue weighted by Crippen LogP contribution is 2.32. The maximum Gasteiger partial charge on any atom is 0.133 e. The van der Waals surface area contributed by atoms with E-state index >= 15 is 0 Å². The van der Waals surface area contributed by atoms with Crippen LogP contribution < -0.4 is 5.32 Å². The van der Waals surface area contributed by atoms with Gasteiger partial charge < -0.3 is 5.32 Å². The summed E-state index contributed by atoms with van der Waals surface area (Å²) in [7, 11) is 1.89. The van der Waals surface area contributed by atoms with Crippen molar-refractivity contribution in [2.75, 3.05) is 12.4 Å². The van der Waals surface area contributed by atoms with Crippen molar-refractivity contribution in [1.82, 2.24) is 9.97 Å². The van der Waals surface area contributed by atoms with Gasteiger partial charge in [-0.25, -0.2) is 9.97 Å². The quantitative estimate of drug-likeness (QED) is 0.861. The number of aryl methyl sites for hydroxylation is 3. The zero-order valence-electron chi connectivity index (χ0n) is 12.0. The molecule has 4 heteroatoms. The van der Waals surface area contributed by atoms with Gasteiger partial charge in [-0.05, 0) is 51.0 Å². The molecule has 2 aromatic rings. The predicted molar refractivity (Wildman–Crippen MR) is 81.1 cm³/mol. The van der Waals surface area contributed by atoms with Crippen molar-refractivity contribution in [2.45, 2.75) is 37.6 Å². The molecular formula is C15H19N3S. The average Bonchev–Trinajstić information content (AvgIpc) is 2.37. The minimum Gasteiger partial charge on any atom is -0.373 e. The molecular weight excluding hydrogens is 254 g/mol. The van der Waals surface area contributed by atoms with E-state index in [-0.39, 0.29) is 0 Å². The van der Waals surface area contributed by atoms with Crippen LogP contribution in [0.15, 0.2) is 28.1 Å². The van der Waals surface area contributed by atoms with Crippen molar-refractivity contribution in [3.63, 3.8) is 0 Å². The topological polar surface area (TPSA) is 37.8 Å². The van der Waals surface area contributed by atoms with Gasteiger partial charge in [0.05, 0.1) is 0 Å². The Bertz CT molecular complexity index is 609. The van der Waals surface area contributed by atoms with Crippen LogP contribution in [0.25, 0.3) is 0 Å². The lowest BCUT2D eigenvalue weighted by Gasteiger charge is -2.11. The molecule has 1 N–H and O–H groups in total. The standard InChI is InChI=1S/C15H19N3S/c1-9-6-7-13(8-10(9)2)19-15-11(3)14(16-5)17-12(4)18-15/h6-8H,1-5H3,(H,16,17,18). The van der Waals surface area contributed by atoms with Crippen molar-refractivity contribution in [3.8, 4) is 0 Å². The van der Waals surface area contributed by atoms with Crippen molar-refractivity contribution >= 4 is 17.6 Å². The Kier molecular flexibility index (Phi) is 4.10. The van der Waals surface area contributed by atoms with Crippen molar-refractivity contribution in [2.24, 2.45) is 0 Å². The fourth-order valence-corrected chi connectivity index (χ4v) is 2.86. The Balaban J connectivity index is 2.37. The molecule has 0 aliphatic heterocycles. The van der Waals surface area contributed by atoms with Crippen LogP contribution in [-0.2, 0) is 0 Å². The Labute approximate surface area is 118 Å². The second-order valence-corrected chi connectivity index (χ2v) is 5.71. The van der Waals surface area contributed by atoms with Crippen LogP contribution in [-0.4, -0.2) is 17.0 Å². The minimum atomic E-state index is 0.793. The van der Waals surface area contributed by atoms with E-state index in [2.05, 4.69) is 54.3 Å². The van der Waals surface area contributed by atoms with Crippen LogP contribution in [0.5, 0.6) is 0 Å². The summed E-state index contributed by atoms with van der Waals surface area (Å²) in [5.41, 5.74) is 3.72. The van der Waals surface area contributed by atoms with E-state index in [1.165, 1.54) is 16.0 Å². The highest BCUT2D eigenvalue weighted by Gasteiger charge is 2.10. The molecule has 0 amide bonds. The summed E-state index contributed by atoms with van der Waals surface area (Å²) in [5.74, 6) is 1.69. The van der Waals surface area contributed by atoms with Gasteiger partial charge in [-0.1, -0.05) is 17.8 Å². The van der Waals surface area contributed by atoms with Gasteiger partial charge in [-0.2, -0.15) is 0 Å². The van der Waals surface area contributed by atoms with E-state index in [0.29, 0.717) is 0 Å². The van der Waals surface area contributed by atoms with E-state index in [1.807, 2.05) is 14.0 Å². The fraction of sp³-hybridized carbons (Fsp3) is 0.333. The van der Waals surface area contributed by atoms with Gasteiger partial charge in [0.2, 0.25) is 0 Å². The first-order chi connectivity index (χ1) is 9.01. The lowest BCUT2D eigenvalue weighted by atomic mass is 10.1. The molecule has 0 unspecified atom stereocenters. The monoisotopic (exact) mass is 273 g/mol. The second kappa shape index (κ2) is 5.61. The van der Waals surface area contributed by atoms with Crippen molar-refractivity contribution in [1.29, 1.82) is 0 Å². The first-order valence-electron chi connectivity index (χ1n) is 6.29. The second-order valence-electron chi connectivity index (χ2n) is 4.65. The Morgan fingerprint density at radius 2 is 1.74 bits per heavy atom. The summed E-state index contributed by atoms with van der Waals surface area (Å²) in [6.07, 6.45) is 0. The third-order valence-corrected chi connectivity index (χ3v) is 4.22. The molecule has 3 nitrogen and oxygen atoms in total. The molecule has 0 bridgehead atoms. The van der Waals surface area contributed by atoms with E-state index in [1.54, 1.807) is 11.8 Å². The van der Waals surface area contributed by atoms with Crippen LogP contribution in [0.4, 0.5) is 5.82 Å². The summed E-state index contributed by atoms with van der Waals surface area (Å²) in [5, 5.41) is 4.13. The minimum absolute atomic E-state index is 0.793. The number of benzene rings is 1. The Morgan fingerprint density at radius 3 is 2.37 bits per heavy atom. The first kappa shape index (κ1) is 13.9. The normalized spacial score (nSPS) is 10.6. The number of hydrogen-bond donors (Lipinski definition) is 1. The lowest BCUT2D eigenvalue weighted by Crippen LogP contribution is -2.02. The van der Waals surface area contributed by atoms with E-state index < -0.39 is 0 Å². The van der Waals surface area contributed by atoms with Crippen molar-refractivity contribution < 1.29 is 0 Å². The molecule has 0 fully saturated rings. The summed E-state index contributed by atoms with van der Waals surface area (Å²) in [6.45, 7) is 8.23. The molecule has 0 aliphatic rings. The maximum absolute atomic E-state index is 4.54. The molecule has 0 saturated carbocycles. The molecule has 19 heavy (non-hydrogen) atoms. The molecule has 0 saturated heterocycles. The highest BCUT2D eigenvalue weighted by molar-refractivity contribution is 7.99. The number of anilines is 1. The van der Waals surface area contributed by atoms with E-state index in [4.69, 9.17) is 0 Å². The Hall–Kier alpha value is -1.55. The van der Waals surface area contributed by atoms with Gasteiger partial charge >= 0.3 is 0 Å². The summed E-state index contributed by atoms with van der Waals surface area (Å²) < 4.78 is 0. The van der Waals surface area contributed by atoms with Gasteiger partial charge in [-0.15, -0.1) is 0 Å². The average molecular weight is 273 g/mol. The smallest absolute Gasteiger partial charge is 0.133 e. The lowest BCUT2D eigenvalue weighted by molar-refractivity contribution is 0.940. The Morgan fingerprint density at radius 1 is 1.00 bits per heavy atom. The molecule has 100 valence electrons. The summed E-state index contributed by atoms with van der Waals surface area (Å²) in [4.78, 5) is 10.1. The van der Waals surface area contributed by atoms with E-state index in [9.17, 15) is 0 Å². The zero-order valence-corrected chi connectivity index (χ0v) is 12.9. The third kappa shape index (κ3) is 3.07. The largest absolute Gasteiger partial charge is 0.373 e. The molecule has 0 radical (unpaired) electrons. The van der Waals surface area contributed by atoms with Crippen LogP contribution in [0, 0.1) is 27.7 Å². The summed E-state index contributed by atoms with van der Waals surface area (Å²) >= 11 is 1.69. The van der Waals surface area contributed by atoms with Gasteiger partial charge in [0.15, 0.2) is 0 Å². The van der Waals surface area contributed by atoms with Crippen LogP contribution in [0.1, 0.15) is 22.5 Å². The van der Waals surface area contributed by atoms with Gasteiger partial charge in [0.1, 0.15) is 16.7 Å². The van der Waals surface area contributed by atoms with Crippen molar-refractivity contribution in [3.05, 3.63) is 40.7 Å². The van der Waals surface area contributed by atoms with Crippen LogP contribution in [0.2, 0.25) is 0 Å². The molecule has 0 atom stereocenters. The fourth-order valence-electron chi connectivity index (χ4n) is 1.83. The maximum atomic E-state index is 4.54. The molecule has 1 aromatic heterocycles. The number of nitrogens with one attached hydrogen (secondary N) is 1. The zero-order chi connectivity index (χ0) is 14.0. The molecule has 1 heterocycles. The van der Waals surface area contributed by atoms with Gasteiger partial charge in [-0.3, -0.25) is 0 Å². The molecule has 1 aromatic carbocycles. The van der Waals surface area contributed by atoms with Crippen LogP contribution >= 0.6 is 11.8 Å². The first-order valence-corrected chi connectivity index (χ1v) is 7.11. The third-order valence-electron chi connectivity index (χ3n) is 3.14. The number of hydrogen-bond acceptors (Lipinski definition) is 4. The van der Waals surface area contributed by atoms with Gasteiger partial charge in [0.25, 0.3) is 0 Å². The highest BCUT2D eigenvalue weighted by atomic mass is 32.2. The number of rotatable bonds is 3. The molecule has 2 rings (SSSR count). The molecule has 0 aliphatic carbocycles. The number of aromatic nitrogens is 2. The predicted octanol–water partition coefficient (Wildman–Crippen LogP) is 3.90. The number of nitrogens with zero attached hydrogens (tertiary/aromatic N) is 2. The molecule has 0 spiro atoms. The summed E-state index contributed by atoms with van der Waals surface area (Å²) in [6, 6.07) is 6.50.